The summed E-state index contributed by atoms with van der Waals surface area (Å²) in [5, 5.41) is 0. The van der Waals surface area contributed by atoms with Crippen molar-refractivity contribution in [3.05, 3.63) is 77.6 Å². The molecule has 0 amide bonds. The fourth-order valence-electron chi connectivity index (χ4n) is 2.39. The van der Waals surface area contributed by atoms with Gasteiger partial charge >= 0.3 is 11.9 Å². The molecule has 1 N–H and O–H groups in total. The summed E-state index contributed by atoms with van der Waals surface area (Å²) in [7, 11) is -2.55. The SMILES string of the molecule is COC(=O)c1ccoc1COC(=O)c1ccc(S(=O)(=O)NCc2ccco2)cc1. The summed E-state index contributed by atoms with van der Waals surface area (Å²) < 4.78 is 46.9. The Morgan fingerprint density at radius 2 is 1.76 bits per heavy atom. The van der Waals surface area contributed by atoms with E-state index in [-0.39, 0.29) is 34.9 Å². The van der Waals surface area contributed by atoms with Crippen molar-refractivity contribution in [2.75, 3.05) is 7.11 Å². The van der Waals surface area contributed by atoms with Crippen molar-refractivity contribution >= 4 is 22.0 Å². The number of esters is 2. The quantitative estimate of drug-likeness (QED) is 0.552. The molecule has 0 saturated carbocycles. The number of rotatable bonds is 8. The number of benzene rings is 1. The number of sulfonamides is 1. The number of nitrogens with one attached hydrogen (secondary N) is 1. The predicted molar refractivity (Wildman–Crippen MR) is 98.3 cm³/mol. The first-order valence-corrected chi connectivity index (χ1v) is 9.83. The molecule has 0 radical (unpaired) electrons. The van der Waals surface area contributed by atoms with E-state index in [1.807, 2.05) is 0 Å². The summed E-state index contributed by atoms with van der Waals surface area (Å²) in [6.07, 6.45) is 2.73. The first-order valence-electron chi connectivity index (χ1n) is 8.34. The molecule has 9 nitrogen and oxygen atoms in total. The molecule has 10 heteroatoms. The van der Waals surface area contributed by atoms with Crippen LogP contribution in [0, 0.1) is 0 Å². The minimum absolute atomic E-state index is 0.00476. The Morgan fingerprint density at radius 1 is 1.00 bits per heavy atom. The van der Waals surface area contributed by atoms with E-state index in [1.54, 1.807) is 12.1 Å². The average molecular weight is 419 g/mol. The Bertz CT molecular complexity index is 1080. The van der Waals surface area contributed by atoms with E-state index in [1.165, 1.54) is 50.0 Å². The van der Waals surface area contributed by atoms with Crippen LogP contribution in [-0.2, 0) is 32.6 Å². The van der Waals surface area contributed by atoms with Gasteiger partial charge in [-0.3, -0.25) is 0 Å². The molecule has 3 rings (SSSR count). The highest BCUT2D eigenvalue weighted by atomic mass is 32.2. The molecule has 0 spiro atoms. The van der Waals surface area contributed by atoms with Crippen LogP contribution in [0.1, 0.15) is 32.2 Å². The molecule has 2 heterocycles. The van der Waals surface area contributed by atoms with E-state index in [0.717, 1.165) is 0 Å². The lowest BCUT2D eigenvalue weighted by atomic mass is 10.2. The van der Waals surface area contributed by atoms with E-state index in [0.29, 0.717) is 5.76 Å². The number of carbonyl (C=O) groups is 2. The van der Waals surface area contributed by atoms with Crippen LogP contribution < -0.4 is 4.72 Å². The van der Waals surface area contributed by atoms with Gasteiger partial charge in [0, 0.05) is 0 Å². The Kier molecular flexibility index (Phi) is 6.15. The van der Waals surface area contributed by atoms with Gasteiger partial charge in [0.15, 0.2) is 12.4 Å². The van der Waals surface area contributed by atoms with E-state index in [2.05, 4.69) is 9.46 Å². The van der Waals surface area contributed by atoms with Crippen LogP contribution in [0.4, 0.5) is 0 Å². The number of furan rings is 2. The van der Waals surface area contributed by atoms with Gasteiger partial charge in [-0.15, -0.1) is 0 Å². The molecule has 0 aliphatic carbocycles. The molecule has 0 aliphatic heterocycles. The lowest BCUT2D eigenvalue weighted by molar-refractivity contribution is 0.0432. The zero-order valence-corrected chi connectivity index (χ0v) is 16.1. The van der Waals surface area contributed by atoms with Gasteiger partial charge in [-0.05, 0) is 42.5 Å². The number of carbonyl (C=O) groups excluding carboxylic acids is 2. The molecule has 2 aromatic heterocycles. The van der Waals surface area contributed by atoms with Gasteiger partial charge in [0.05, 0.1) is 36.6 Å². The molecule has 0 aliphatic rings. The van der Waals surface area contributed by atoms with Crippen molar-refractivity contribution in [2.45, 2.75) is 18.0 Å². The molecule has 152 valence electrons. The molecule has 0 fully saturated rings. The molecule has 29 heavy (non-hydrogen) atoms. The zero-order valence-electron chi connectivity index (χ0n) is 15.3. The van der Waals surface area contributed by atoms with Gasteiger partial charge in [0.2, 0.25) is 10.0 Å². The number of ether oxygens (including phenoxy) is 2. The van der Waals surface area contributed by atoms with Crippen LogP contribution in [0.3, 0.4) is 0 Å². The summed E-state index contributed by atoms with van der Waals surface area (Å²) in [6, 6.07) is 9.93. The topological polar surface area (TPSA) is 125 Å². The second-order valence-corrected chi connectivity index (χ2v) is 7.52. The minimum atomic E-state index is -3.77. The first kappa shape index (κ1) is 20.4. The molecule has 3 aromatic rings. The Morgan fingerprint density at radius 3 is 2.41 bits per heavy atom. The van der Waals surface area contributed by atoms with Crippen molar-refractivity contribution in [3.63, 3.8) is 0 Å². The third-order valence-electron chi connectivity index (χ3n) is 3.90. The molecule has 1 aromatic carbocycles. The van der Waals surface area contributed by atoms with Gasteiger partial charge in [-0.1, -0.05) is 0 Å². The van der Waals surface area contributed by atoms with E-state index in [9.17, 15) is 18.0 Å². The summed E-state index contributed by atoms with van der Waals surface area (Å²) in [6.45, 7) is -0.272. The molecular formula is C19H17NO8S. The van der Waals surface area contributed by atoms with Crippen molar-refractivity contribution in [3.8, 4) is 0 Å². The van der Waals surface area contributed by atoms with E-state index in [4.69, 9.17) is 13.6 Å². The van der Waals surface area contributed by atoms with Crippen LogP contribution in [0.5, 0.6) is 0 Å². The monoisotopic (exact) mass is 419 g/mol. The van der Waals surface area contributed by atoms with Gasteiger partial charge in [-0.25, -0.2) is 22.7 Å². The number of hydrogen-bond acceptors (Lipinski definition) is 8. The molecule has 0 unspecified atom stereocenters. The van der Waals surface area contributed by atoms with Gasteiger partial charge in [0.1, 0.15) is 11.3 Å². The number of hydrogen-bond donors (Lipinski definition) is 1. The average Bonchev–Trinajstić information content (AvgIpc) is 3.42. The minimum Gasteiger partial charge on any atom is -0.468 e. The van der Waals surface area contributed by atoms with Crippen LogP contribution in [0.15, 0.2) is 68.7 Å². The lowest BCUT2D eigenvalue weighted by Gasteiger charge is -2.07. The third-order valence-corrected chi connectivity index (χ3v) is 5.32. The maximum atomic E-state index is 12.3. The van der Waals surface area contributed by atoms with E-state index >= 15 is 0 Å². The van der Waals surface area contributed by atoms with Gasteiger partial charge in [-0.2, -0.15) is 0 Å². The second kappa shape index (κ2) is 8.76. The Hall–Kier alpha value is -3.37. The smallest absolute Gasteiger partial charge is 0.341 e. The normalized spacial score (nSPS) is 11.2. The third kappa shape index (κ3) is 4.92. The van der Waals surface area contributed by atoms with Crippen molar-refractivity contribution in [2.24, 2.45) is 0 Å². The zero-order chi connectivity index (χ0) is 20.9. The summed E-state index contributed by atoms with van der Waals surface area (Å²) >= 11 is 0. The largest absolute Gasteiger partial charge is 0.468 e. The van der Waals surface area contributed by atoms with Crippen LogP contribution in [0.2, 0.25) is 0 Å². The molecule has 0 atom stereocenters. The highest BCUT2D eigenvalue weighted by Crippen LogP contribution is 2.16. The summed E-state index contributed by atoms with van der Waals surface area (Å²) in [5.41, 5.74) is 0.297. The molecular weight excluding hydrogens is 402 g/mol. The fourth-order valence-corrected chi connectivity index (χ4v) is 3.38. The maximum Gasteiger partial charge on any atom is 0.341 e. The lowest BCUT2D eigenvalue weighted by Crippen LogP contribution is -2.23. The first-order chi connectivity index (χ1) is 13.9. The molecule has 0 saturated heterocycles. The van der Waals surface area contributed by atoms with Crippen molar-refractivity contribution < 1.29 is 36.3 Å². The molecule has 0 bridgehead atoms. The second-order valence-electron chi connectivity index (χ2n) is 5.75. The van der Waals surface area contributed by atoms with Crippen LogP contribution >= 0.6 is 0 Å². The standard InChI is InChI=1S/C19H17NO8S/c1-25-19(22)16-8-10-27-17(16)12-28-18(21)13-4-6-15(7-5-13)29(23,24)20-11-14-3-2-9-26-14/h2-10,20H,11-12H2,1H3. The highest BCUT2D eigenvalue weighted by molar-refractivity contribution is 7.89. The van der Waals surface area contributed by atoms with Crippen LogP contribution in [0.25, 0.3) is 0 Å². The van der Waals surface area contributed by atoms with Crippen molar-refractivity contribution in [1.82, 2.24) is 4.72 Å². The Balaban J connectivity index is 1.61. The van der Waals surface area contributed by atoms with Crippen LogP contribution in [-0.4, -0.2) is 27.5 Å². The summed E-state index contributed by atoms with van der Waals surface area (Å²) in [5.74, 6) is -0.698. The van der Waals surface area contributed by atoms with Gasteiger partial charge in [0.25, 0.3) is 0 Å². The summed E-state index contributed by atoms with van der Waals surface area (Å²) in [4.78, 5) is 23.7. The van der Waals surface area contributed by atoms with Crippen molar-refractivity contribution in [1.29, 1.82) is 0 Å². The van der Waals surface area contributed by atoms with E-state index < -0.39 is 22.0 Å². The predicted octanol–water partition coefficient (Wildman–Crippen LogP) is 2.49. The fraction of sp³-hybridized carbons (Fsp3) is 0.158. The Labute approximate surface area is 166 Å². The highest BCUT2D eigenvalue weighted by Gasteiger charge is 2.18. The maximum absolute atomic E-state index is 12.3. The number of methoxy groups -OCH3 is 1. The van der Waals surface area contributed by atoms with Gasteiger partial charge < -0.3 is 18.3 Å².